The lowest BCUT2D eigenvalue weighted by Gasteiger charge is -2.35. The van der Waals surface area contributed by atoms with Crippen molar-refractivity contribution in [2.75, 3.05) is 14.2 Å². The zero-order valence-corrected chi connectivity index (χ0v) is 42.0. The number of esters is 1. The van der Waals surface area contributed by atoms with Crippen molar-refractivity contribution in [3.8, 4) is 0 Å². The van der Waals surface area contributed by atoms with Gasteiger partial charge >= 0.3 is 5.97 Å². The quantitative estimate of drug-likeness (QED) is 0.0396. The molecule has 2 aromatic carbocycles. The fraction of sp³-hybridized carbons (Fsp3) is 0.667. The van der Waals surface area contributed by atoms with Gasteiger partial charge in [-0.25, -0.2) is 4.79 Å². The highest BCUT2D eigenvalue weighted by molar-refractivity contribution is 5.96. The molecule has 0 aromatic heterocycles. The van der Waals surface area contributed by atoms with Gasteiger partial charge in [0.05, 0.1) is 7.11 Å². The summed E-state index contributed by atoms with van der Waals surface area (Å²) in [5.41, 5.74) is 1.65. The molecule has 0 aliphatic rings. The predicted octanol–water partition coefficient (Wildman–Crippen LogP) is 9.17. The van der Waals surface area contributed by atoms with Crippen LogP contribution in [0.25, 0.3) is 0 Å². The fourth-order valence-electron chi connectivity index (χ4n) is 8.45. The number of unbranched alkanes of at least 4 members (excludes halogenated alkanes) is 16. The molecular weight excluding hydrogens is 831 g/mol. The van der Waals surface area contributed by atoms with Crippen LogP contribution < -0.4 is 21.3 Å². The van der Waals surface area contributed by atoms with Gasteiger partial charge in [0.1, 0.15) is 30.2 Å². The van der Waals surface area contributed by atoms with Gasteiger partial charge in [-0.3, -0.25) is 24.0 Å². The summed E-state index contributed by atoms with van der Waals surface area (Å²) < 4.78 is 4.78. The number of methoxy groups -OCH3 is 1. The maximum absolute atomic E-state index is 14.4. The standard InChI is InChI=1S/C54H87N5O7/c1-9-11-12-13-14-15-16-17-18-19-20-21-22-23-24-25-32-37-47(60)56-46(39-44-35-30-27-31-36-44)53(64)59(7)49(40(3)4)52(63)58-48(41(5)10-2)51(62)57-45(38-43-33-28-26-29-34-43)50(61)55-42(6)54(65)66-8/h26-31,33-36,40-42,45-46,48-49H,9-25,32,37-39H2,1-8H3,(H,55,61)(H,56,60)(H,57,62)(H,58,63)/t41?,42-,45-,46+,48-,49-/m0/s1. The van der Waals surface area contributed by atoms with E-state index in [1.807, 2.05) is 88.4 Å². The summed E-state index contributed by atoms with van der Waals surface area (Å²) in [4.78, 5) is 83.3. The van der Waals surface area contributed by atoms with E-state index < -0.39 is 59.8 Å². The van der Waals surface area contributed by atoms with Gasteiger partial charge in [0.2, 0.25) is 29.5 Å². The van der Waals surface area contributed by atoms with E-state index in [1.54, 1.807) is 7.05 Å². The van der Waals surface area contributed by atoms with E-state index >= 15 is 0 Å². The van der Waals surface area contributed by atoms with Crippen LogP contribution in [0.5, 0.6) is 0 Å². The molecule has 0 fully saturated rings. The van der Waals surface area contributed by atoms with Gasteiger partial charge in [0, 0.05) is 26.3 Å². The number of hydrogen-bond donors (Lipinski definition) is 4. The van der Waals surface area contributed by atoms with Crippen LogP contribution >= 0.6 is 0 Å². The monoisotopic (exact) mass is 918 g/mol. The molecule has 4 N–H and O–H groups in total. The maximum atomic E-state index is 14.4. The smallest absolute Gasteiger partial charge is 0.328 e. The Kier molecular flexibility index (Phi) is 29.3. The Hall–Kier alpha value is -4.74. The third-order valence-corrected chi connectivity index (χ3v) is 12.7. The van der Waals surface area contributed by atoms with Crippen molar-refractivity contribution in [2.45, 2.75) is 207 Å². The van der Waals surface area contributed by atoms with E-state index in [4.69, 9.17) is 4.74 Å². The lowest BCUT2D eigenvalue weighted by Crippen LogP contribution is -2.61. The Labute approximate surface area is 398 Å². The molecule has 0 heterocycles. The predicted molar refractivity (Wildman–Crippen MR) is 265 cm³/mol. The van der Waals surface area contributed by atoms with Crippen molar-refractivity contribution in [3.63, 3.8) is 0 Å². The number of carbonyl (C=O) groups excluding carboxylic acids is 6. The molecule has 0 aliphatic heterocycles. The van der Waals surface area contributed by atoms with Gasteiger partial charge in [0.15, 0.2) is 0 Å². The zero-order valence-electron chi connectivity index (χ0n) is 42.0. The molecule has 66 heavy (non-hydrogen) atoms. The number of ether oxygens (including phenoxy) is 1. The SMILES string of the molecule is CCCCCCCCCCCCCCCCCCCC(=O)N[C@H](Cc1ccccc1)C(=O)N(C)[C@H](C(=O)N[C@H](C(=O)N[C@@H](Cc1ccccc1)C(=O)N[C@@H](C)C(=O)OC)C(C)CC)C(C)C. The third-order valence-electron chi connectivity index (χ3n) is 12.7. The number of rotatable bonds is 35. The molecule has 2 aromatic rings. The van der Waals surface area contributed by atoms with Gasteiger partial charge < -0.3 is 30.9 Å². The van der Waals surface area contributed by atoms with E-state index in [-0.39, 0.29) is 30.6 Å². The molecule has 1 unspecified atom stereocenters. The molecule has 0 bridgehead atoms. The molecule has 2 rings (SSSR count). The van der Waals surface area contributed by atoms with Gasteiger partial charge in [-0.15, -0.1) is 0 Å². The van der Waals surface area contributed by atoms with Gasteiger partial charge in [0.25, 0.3) is 0 Å². The number of nitrogens with one attached hydrogen (secondary N) is 4. The number of benzene rings is 2. The molecule has 12 heteroatoms. The minimum Gasteiger partial charge on any atom is -0.467 e. The molecule has 0 saturated heterocycles. The highest BCUT2D eigenvalue weighted by Crippen LogP contribution is 2.18. The highest BCUT2D eigenvalue weighted by Gasteiger charge is 2.38. The van der Waals surface area contributed by atoms with Crippen molar-refractivity contribution in [3.05, 3.63) is 71.8 Å². The van der Waals surface area contributed by atoms with Crippen LogP contribution in [0.3, 0.4) is 0 Å². The molecule has 0 saturated carbocycles. The zero-order chi connectivity index (χ0) is 48.7. The molecular formula is C54H87N5O7. The van der Waals surface area contributed by atoms with Crippen molar-refractivity contribution < 1.29 is 33.5 Å². The van der Waals surface area contributed by atoms with E-state index in [1.165, 1.54) is 102 Å². The van der Waals surface area contributed by atoms with Gasteiger partial charge in [-0.2, -0.15) is 0 Å². The number of amides is 5. The highest BCUT2D eigenvalue weighted by atomic mass is 16.5. The molecule has 6 atom stereocenters. The second-order valence-corrected chi connectivity index (χ2v) is 18.7. The molecule has 370 valence electrons. The summed E-state index contributed by atoms with van der Waals surface area (Å²) in [5, 5.41) is 11.4. The van der Waals surface area contributed by atoms with E-state index in [9.17, 15) is 28.8 Å². The first-order chi connectivity index (χ1) is 31.7. The third kappa shape index (κ3) is 22.6. The summed E-state index contributed by atoms with van der Waals surface area (Å²) in [6, 6.07) is 13.7. The molecule has 0 radical (unpaired) electrons. The topological polar surface area (TPSA) is 163 Å². The first kappa shape index (κ1) is 57.4. The number of hydrogen-bond acceptors (Lipinski definition) is 7. The Morgan fingerprint density at radius 2 is 1.00 bits per heavy atom. The summed E-state index contributed by atoms with van der Waals surface area (Å²) in [5.74, 6) is -3.64. The van der Waals surface area contributed by atoms with Crippen LogP contribution in [0.2, 0.25) is 0 Å². The number of likely N-dealkylation sites (N-methyl/N-ethyl adjacent to an activating group) is 1. The van der Waals surface area contributed by atoms with E-state index in [0.29, 0.717) is 12.8 Å². The van der Waals surface area contributed by atoms with Gasteiger partial charge in [-0.05, 0) is 36.3 Å². The minimum atomic E-state index is -1.08. The fourth-order valence-corrected chi connectivity index (χ4v) is 8.45. The van der Waals surface area contributed by atoms with Crippen molar-refractivity contribution in [1.29, 1.82) is 0 Å². The number of carbonyl (C=O) groups is 6. The largest absolute Gasteiger partial charge is 0.467 e. The first-order valence-corrected chi connectivity index (χ1v) is 25.4. The van der Waals surface area contributed by atoms with Crippen molar-refractivity contribution >= 4 is 35.5 Å². The molecule has 5 amide bonds. The normalized spacial score (nSPS) is 14.0. The lowest BCUT2D eigenvalue weighted by molar-refractivity contribution is -0.145. The van der Waals surface area contributed by atoms with Crippen LogP contribution in [-0.4, -0.2) is 84.8 Å². The van der Waals surface area contributed by atoms with Crippen LogP contribution in [0.4, 0.5) is 0 Å². The second-order valence-electron chi connectivity index (χ2n) is 18.7. The van der Waals surface area contributed by atoms with Gasteiger partial charge in [-0.1, -0.05) is 204 Å². The Bertz CT molecular complexity index is 1690. The van der Waals surface area contributed by atoms with Crippen LogP contribution in [0.15, 0.2) is 60.7 Å². The summed E-state index contributed by atoms with van der Waals surface area (Å²) in [7, 11) is 2.79. The summed E-state index contributed by atoms with van der Waals surface area (Å²) in [6.07, 6.45) is 22.6. The van der Waals surface area contributed by atoms with Crippen LogP contribution in [0.1, 0.15) is 175 Å². The first-order valence-electron chi connectivity index (χ1n) is 25.4. The minimum absolute atomic E-state index is 0.132. The average molecular weight is 918 g/mol. The van der Waals surface area contributed by atoms with Crippen molar-refractivity contribution in [1.82, 2.24) is 26.2 Å². The Balaban J connectivity index is 2.04. The van der Waals surface area contributed by atoms with Crippen LogP contribution in [0, 0.1) is 11.8 Å². The maximum Gasteiger partial charge on any atom is 0.328 e. The van der Waals surface area contributed by atoms with Crippen LogP contribution in [-0.2, 0) is 46.3 Å². The van der Waals surface area contributed by atoms with E-state index in [0.717, 1.165) is 36.8 Å². The Morgan fingerprint density at radius 1 is 0.545 bits per heavy atom. The molecule has 0 aliphatic carbocycles. The molecule has 0 spiro atoms. The lowest BCUT2D eigenvalue weighted by atomic mass is 9.95. The molecule has 12 nitrogen and oxygen atoms in total. The summed E-state index contributed by atoms with van der Waals surface area (Å²) in [6.45, 7) is 11.2. The second kappa shape index (κ2) is 33.7. The van der Waals surface area contributed by atoms with Crippen molar-refractivity contribution in [2.24, 2.45) is 11.8 Å². The summed E-state index contributed by atoms with van der Waals surface area (Å²) >= 11 is 0. The Morgan fingerprint density at radius 3 is 1.44 bits per heavy atom. The average Bonchev–Trinajstić information content (AvgIpc) is 3.30. The number of nitrogens with zero attached hydrogens (tertiary/aromatic N) is 1. The van der Waals surface area contributed by atoms with E-state index in [2.05, 4.69) is 28.2 Å².